The molecule has 0 saturated heterocycles. The first-order valence-corrected chi connectivity index (χ1v) is 7.92. The van der Waals surface area contributed by atoms with E-state index >= 15 is 0 Å². The van der Waals surface area contributed by atoms with Crippen molar-refractivity contribution in [2.24, 2.45) is 0 Å². The van der Waals surface area contributed by atoms with Crippen molar-refractivity contribution in [2.45, 2.75) is 67.7 Å². The van der Waals surface area contributed by atoms with E-state index in [4.69, 9.17) is 5.11 Å². The van der Waals surface area contributed by atoms with Crippen LogP contribution in [0.1, 0.15) is 67.7 Å². The molecule has 0 aromatic heterocycles. The lowest BCUT2D eigenvalue weighted by molar-refractivity contribution is -0.136. The Hall–Kier alpha value is -1.57. The Morgan fingerprint density at radius 1 is 1.14 bits per heavy atom. The highest BCUT2D eigenvalue weighted by molar-refractivity contribution is 5.71. The highest BCUT2D eigenvalue weighted by Gasteiger charge is 2.09. The molecular weight excluding hydrogens is 260 g/mol. The largest absolute Gasteiger partial charge is 0.481 e. The number of allylic oxidation sites excluding steroid dienone is 7. The predicted molar refractivity (Wildman–Crippen MR) is 93.5 cm³/mol. The first kappa shape index (κ1) is 21.7. The van der Waals surface area contributed by atoms with Crippen molar-refractivity contribution in [1.29, 1.82) is 0 Å². The van der Waals surface area contributed by atoms with Crippen LogP contribution in [0.4, 0.5) is 0 Å². The van der Waals surface area contributed by atoms with Crippen LogP contribution < -0.4 is 0 Å². The van der Waals surface area contributed by atoms with Gasteiger partial charge in [-0.3, -0.25) is 4.79 Å². The Labute approximate surface area is 131 Å². The quantitative estimate of drug-likeness (QED) is 0.638. The Morgan fingerprint density at radius 3 is 2.19 bits per heavy atom. The first-order chi connectivity index (χ1) is 9.99. The third-order valence-corrected chi connectivity index (χ3v) is 2.71. The van der Waals surface area contributed by atoms with E-state index in [1.807, 2.05) is 39.8 Å². The minimum atomic E-state index is -0.764. The molecule has 0 radical (unpaired) electrons. The van der Waals surface area contributed by atoms with Gasteiger partial charge in [-0.1, -0.05) is 57.6 Å². The molecule has 1 rings (SSSR count). The molecule has 0 saturated carbocycles. The summed E-state index contributed by atoms with van der Waals surface area (Å²) in [6.45, 7) is 14.2. The molecule has 0 heterocycles. The maximum Gasteiger partial charge on any atom is 0.307 e. The van der Waals surface area contributed by atoms with Gasteiger partial charge in [0.15, 0.2) is 0 Å². The van der Waals surface area contributed by atoms with Crippen LogP contribution in [0.5, 0.6) is 0 Å². The average Bonchev–Trinajstić information content (AvgIpc) is 2.48. The molecule has 0 aromatic rings. The molecule has 2 nitrogen and oxygen atoms in total. The van der Waals surface area contributed by atoms with Crippen LogP contribution in [-0.2, 0) is 4.79 Å². The number of aliphatic carboxylic acids is 1. The van der Waals surface area contributed by atoms with Crippen molar-refractivity contribution in [3.05, 3.63) is 46.6 Å². The molecule has 0 atom stereocenters. The van der Waals surface area contributed by atoms with E-state index in [9.17, 15) is 4.79 Å². The highest BCUT2D eigenvalue weighted by atomic mass is 16.4. The van der Waals surface area contributed by atoms with Crippen LogP contribution in [0.15, 0.2) is 46.6 Å². The Bertz CT molecular complexity index is 417. The molecule has 120 valence electrons. The number of carboxylic acids is 1. The number of rotatable bonds is 4. The van der Waals surface area contributed by atoms with Crippen LogP contribution in [0.2, 0.25) is 0 Å². The lowest BCUT2D eigenvalue weighted by atomic mass is 9.93. The zero-order chi connectivity index (χ0) is 16.8. The van der Waals surface area contributed by atoms with Crippen LogP contribution in [-0.4, -0.2) is 11.1 Å². The third kappa shape index (κ3) is 10.8. The van der Waals surface area contributed by atoms with E-state index in [0.717, 1.165) is 18.4 Å². The van der Waals surface area contributed by atoms with Gasteiger partial charge in [0.25, 0.3) is 0 Å². The molecule has 0 aliphatic heterocycles. The Morgan fingerprint density at radius 2 is 1.71 bits per heavy atom. The molecule has 1 N–H and O–H groups in total. The predicted octanol–water partition coefficient (Wildman–Crippen LogP) is 6.07. The van der Waals surface area contributed by atoms with Gasteiger partial charge in [-0.25, -0.2) is 0 Å². The van der Waals surface area contributed by atoms with E-state index in [0.29, 0.717) is 0 Å². The van der Waals surface area contributed by atoms with Crippen LogP contribution >= 0.6 is 0 Å². The molecule has 1 aliphatic carbocycles. The van der Waals surface area contributed by atoms with E-state index in [2.05, 4.69) is 32.9 Å². The Kier molecular flexibility index (Phi) is 13.9. The fourth-order valence-electron chi connectivity index (χ4n) is 1.78. The van der Waals surface area contributed by atoms with Crippen LogP contribution in [0.3, 0.4) is 0 Å². The number of carboxylic acid groups (broad SMARTS) is 1. The molecule has 0 aromatic carbocycles. The van der Waals surface area contributed by atoms with Gasteiger partial charge in [-0.2, -0.15) is 0 Å². The zero-order valence-corrected chi connectivity index (χ0v) is 14.8. The molecule has 0 unspecified atom stereocenters. The second-order valence-electron chi connectivity index (χ2n) is 4.65. The summed E-state index contributed by atoms with van der Waals surface area (Å²) in [4.78, 5) is 10.7. The second kappa shape index (κ2) is 13.4. The second-order valence-corrected chi connectivity index (χ2v) is 4.65. The van der Waals surface area contributed by atoms with Crippen molar-refractivity contribution >= 4 is 5.97 Å². The van der Waals surface area contributed by atoms with Crippen molar-refractivity contribution in [2.75, 3.05) is 0 Å². The van der Waals surface area contributed by atoms with Gasteiger partial charge in [0, 0.05) is 0 Å². The zero-order valence-electron chi connectivity index (χ0n) is 14.8. The highest BCUT2D eigenvalue weighted by Crippen LogP contribution is 2.25. The summed E-state index contributed by atoms with van der Waals surface area (Å²) >= 11 is 0. The number of hydrogen-bond donors (Lipinski definition) is 1. The summed E-state index contributed by atoms with van der Waals surface area (Å²) in [5.74, 6) is -0.764. The number of carbonyl (C=O) groups is 1. The van der Waals surface area contributed by atoms with Gasteiger partial charge in [-0.15, -0.1) is 0 Å². The van der Waals surface area contributed by atoms with Crippen LogP contribution in [0.25, 0.3) is 0 Å². The standard InChI is InChI=1S/C15H20O2.2C2H6/c1-11(2)7-8-12(3)14-6-4-5-13(9-14)10-15(16)17;2*1-2/h5,7-9H,4,6,10H2,1-3H3,(H,16,17);2*1-2H3/b12-8+;;. The summed E-state index contributed by atoms with van der Waals surface area (Å²) in [7, 11) is 0. The van der Waals surface area contributed by atoms with Crippen molar-refractivity contribution in [3.63, 3.8) is 0 Å². The summed E-state index contributed by atoms with van der Waals surface area (Å²) in [6.07, 6.45) is 10.3. The maximum atomic E-state index is 10.7. The van der Waals surface area contributed by atoms with Crippen LogP contribution in [0, 0.1) is 0 Å². The molecule has 0 fully saturated rings. The van der Waals surface area contributed by atoms with Gasteiger partial charge < -0.3 is 5.11 Å². The fourth-order valence-corrected chi connectivity index (χ4v) is 1.78. The van der Waals surface area contributed by atoms with Gasteiger partial charge in [0.1, 0.15) is 0 Å². The molecular formula is C19H32O2. The summed E-state index contributed by atoms with van der Waals surface area (Å²) in [5.41, 5.74) is 4.66. The minimum Gasteiger partial charge on any atom is -0.481 e. The topological polar surface area (TPSA) is 37.3 Å². The number of hydrogen-bond acceptors (Lipinski definition) is 1. The fraction of sp³-hybridized carbons (Fsp3) is 0.526. The lowest BCUT2D eigenvalue weighted by Gasteiger charge is -2.13. The third-order valence-electron chi connectivity index (χ3n) is 2.71. The van der Waals surface area contributed by atoms with Gasteiger partial charge >= 0.3 is 5.97 Å². The summed E-state index contributed by atoms with van der Waals surface area (Å²) in [5, 5.41) is 8.77. The molecule has 2 heteroatoms. The van der Waals surface area contributed by atoms with E-state index in [-0.39, 0.29) is 6.42 Å². The minimum absolute atomic E-state index is 0.124. The van der Waals surface area contributed by atoms with Crippen molar-refractivity contribution < 1.29 is 9.90 Å². The maximum absolute atomic E-state index is 10.7. The smallest absolute Gasteiger partial charge is 0.307 e. The van der Waals surface area contributed by atoms with Gasteiger partial charge in [0.05, 0.1) is 6.42 Å². The van der Waals surface area contributed by atoms with E-state index in [1.54, 1.807) is 0 Å². The van der Waals surface area contributed by atoms with E-state index < -0.39 is 5.97 Å². The molecule has 0 spiro atoms. The molecule has 0 amide bonds. The molecule has 0 bridgehead atoms. The van der Waals surface area contributed by atoms with Crippen molar-refractivity contribution in [1.82, 2.24) is 0 Å². The monoisotopic (exact) mass is 292 g/mol. The normalized spacial score (nSPS) is 13.6. The van der Waals surface area contributed by atoms with Gasteiger partial charge in [0.2, 0.25) is 0 Å². The molecule has 1 aliphatic rings. The average molecular weight is 292 g/mol. The van der Waals surface area contributed by atoms with Crippen molar-refractivity contribution in [3.8, 4) is 0 Å². The lowest BCUT2D eigenvalue weighted by Crippen LogP contribution is -2.00. The first-order valence-electron chi connectivity index (χ1n) is 7.92. The van der Waals surface area contributed by atoms with E-state index in [1.165, 1.54) is 16.7 Å². The summed E-state index contributed by atoms with van der Waals surface area (Å²) in [6, 6.07) is 0. The SMILES string of the molecule is CC.CC.CC(C)=C/C=C(\C)C1=CC(CC(=O)O)=CCC1. The molecule has 21 heavy (non-hydrogen) atoms. The summed E-state index contributed by atoms with van der Waals surface area (Å²) < 4.78 is 0. The van der Waals surface area contributed by atoms with Gasteiger partial charge in [-0.05, 0) is 50.3 Å². The Balaban J connectivity index is 0.